The van der Waals surface area contributed by atoms with Crippen LogP contribution in [0, 0.1) is 0 Å². The molecule has 6 heteroatoms. The van der Waals surface area contributed by atoms with Crippen molar-refractivity contribution in [2.24, 2.45) is 0 Å². The predicted octanol–water partition coefficient (Wildman–Crippen LogP) is 1.08. The first kappa shape index (κ1) is 11.3. The second-order valence-corrected chi connectivity index (χ2v) is 3.46. The molecule has 17 heavy (non-hydrogen) atoms. The van der Waals surface area contributed by atoms with Crippen molar-refractivity contribution in [2.75, 3.05) is 6.79 Å². The van der Waals surface area contributed by atoms with Crippen LogP contribution in [-0.2, 0) is 4.79 Å². The molecule has 1 heterocycles. The van der Waals surface area contributed by atoms with Gasteiger partial charge in [0.25, 0.3) is 0 Å². The quantitative estimate of drug-likeness (QED) is 0.790. The van der Waals surface area contributed by atoms with E-state index in [0.717, 1.165) is 0 Å². The van der Waals surface area contributed by atoms with Crippen LogP contribution in [0.2, 0.25) is 0 Å². The number of rotatable bonds is 4. The maximum Gasteiger partial charge on any atom is 0.344 e. The molecule has 0 bridgehead atoms. The van der Waals surface area contributed by atoms with Gasteiger partial charge in [0.05, 0.1) is 5.56 Å². The second kappa shape index (κ2) is 4.32. The lowest BCUT2D eigenvalue weighted by Gasteiger charge is -2.12. The van der Waals surface area contributed by atoms with E-state index in [1.54, 1.807) is 0 Å². The van der Waals surface area contributed by atoms with E-state index < -0.39 is 12.1 Å². The van der Waals surface area contributed by atoms with Gasteiger partial charge in [-0.2, -0.15) is 0 Å². The van der Waals surface area contributed by atoms with E-state index >= 15 is 0 Å². The molecule has 0 aromatic heterocycles. The van der Waals surface area contributed by atoms with Crippen LogP contribution < -0.4 is 14.2 Å². The van der Waals surface area contributed by atoms with Crippen LogP contribution in [-0.4, -0.2) is 30.3 Å². The van der Waals surface area contributed by atoms with Crippen LogP contribution in [0.1, 0.15) is 17.3 Å². The van der Waals surface area contributed by atoms with Crippen LogP contribution >= 0.6 is 0 Å². The molecule has 1 unspecified atom stereocenters. The molecule has 90 valence electrons. The molecule has 1 aromatic rings. The highest BCUT2D eigenvalue weighted by Gasteiger charge is 2.20. The number of hydrogen-bond donors (Lipinski definition) is 1. The fourth-order valence-corrected chi connectivity index (χ4v) is 1.37. The summed E-state index contributed by atoms with van der Waals surface area (Å²) < 4.78 is 15.4. The molecular formula is C11H10O6. The van der Waals surface area contributed by atoms with Crippen LogP contribution in [0.15, 0.2) is 12.1 Å². The van der Waals surface area contributed by atoms with E-state index in [-0.39, 0.29) is 18.1 Å². The standard InChI is InChI=1S/C11H10O6/c1-6(11(13)14)17-8-3-10-9(15-5-16-10)2-7(8)4-12/h2-4,6H,5H2,1H3,(H,13,14). The lowest BCUT2D eigenvalue weighted by atomic mass is 10.2. The molecule has 0 aliphatic carbocycles. The van der Waals surface area contributed by atoms with Crippen molar-refractivity contribution in [3.63, 3.8) is 0 Å². The van der Waals surface area contributed by atoms with E-state index in [0.29, 0.717) is 17.8 Å². The number of benzene rings is 1. The first-order chi connectivity index (χ1) is 8.11. The molecule has 6 nitrogen and oxygen atoms in total. The molecule has 1 aromatic carbocycles. The SMILES string of the molecule is CC(Oc1cc2c(cc1C=O)OCO2)C(=O)O. The smallest absolute Gasteiger partial charge is 0.344 e. The maximum absolute atomic E-state index is 10.9. The summed E-state index contributed by atoms with van der Waals surface area (Å²) in [4.78, 5) is 21.5. The van der Waals surface area contributed by atoms with Gasteiger partial charge in [0.15, 0.2) is 23.9 Å². The summed E-state index contributed by atoms with van der Waals surface area (Å²) in [5.41, 5.74) is 0.224. The van der Waals surface area contributed by atoms with E-state index in [4.69, 9.17) is 19.3 Å². The molecule has 1 aliphatic heterocycles. The van der Waals surface area contributed by atoms with Gasteiger partial charge in [-0.25, -0.2) is 4.79 Å². The molecule has 0 radical (unpaired) electrons. The average molecular weight is 238 g/mol. The van der Waals surface area contributed by atoms with Crippen LogP contribution in [0.4, 0.5) is 0 Å². The summed E-state index contributed by atoms with van der Waals surface area (Å²) in [6.07, 6.45) is -0.472. The Hall–Kier alpha value is -2.24. The Balaban J connectivity index is 2.32. The number of fused-ring (bicyclic) bond motifs is 1. The minimum absolute atomic E-state index is 0.0750. The number of aldehydes is 1. The highest BCUT2D eigenvalue weighted by molar-refractivity contribution is 5.82. The highest BCUT2D eigenvalue weighted by atomic mass is 16.7. The normalized spacial score (nSPS) is 14.2. The predicted molar refractivity (Wildman–Crippen MR) is 55.7 cm³/mol. The van der Waals surface area contributed by atoms with Crippen LogP contribution in [0.3, 0.4) is 0 Å². The van der Waals surface area contributed by atoms with Gasteiger partial charge >= 0.3 is 5.97 Å². The second-order valence-electron chi connectivity index (χ2n) is 3.46. The van der Waals surface area contributed by atoms with Gasteiger partial charge in [-0.15, -0.1) is 0 Å². The lowest BCUT2D eigenvalue weighted by molar-refractivity contribution is -0.144. The van der Waals surface area contributed by atoms with E-state index in [9.17, 15) is 9.59 Å². The third-order valence-electron chi connectivity index (χ3n) is 2.28. The van der Waals surface area contributed by atoms with Gasteiger partial charge in [0.2, 0.25) is 6.79 Å². The monoisotopic (exact) mass is 238 g/mol. The maximum atomic E-state index is 10.9. The Morgan fingerprint density at radius 3 is 2.71 bits per heavy atom. The molecule has 0 amide bonds. The number of aliphatic carboxylic acids is 1. The minimum Gasteiger partial charge on any atom is -0.479 e. The largest absolute Gasteiger partial charge is 0.479 e. The summed E-state index contributed by atoms with van der Waals surface area (Å²) in [6, 6.07) is 2.91. The molecule has 2 rings (SSSR count). The third kappa shape index (κ3) is 2.15. The third-order valence-corrected chi connectivity index (χ3v) is 2.28. The Labute approximate surface area is 96.7 Å². The Morgan fingerprint density at radius 1 is 1.47 bits per heavy atom. The van der Waals surface area contributed by atoms with E-state index in [1.807, 2.05) is 0 Å². The van der Waals surface area contributed by atoms with Crippen molar-refractivity contribution in [1.82, 2.24) is 0 Å². The van der Waals surface area contributed by atoms with E-state index in [2.05, 4.69) is 0 Å². The zero-order valence-electron chi connectivity index (χ0n) is 9.00. The molecule has 1 N–H and O–H groups in total. The van der Waals surface area contributed by atoms with Crippen LogP contribution in [0.5, 0.6) is 17.2 Å². The van der Waals surface area contributed by atoms with Gasteiger partial charge in [-0.3, -0.25) is 4.79 Å². The zero-order chi connectivity index (χ0) is 12.4. The van der Waals surface area contributed by atoms with Crippen LogP contribution in [0.25, 0.3) is 0 Å². The molecule has 0 saturated heterocycles. The van der Waals surface area contributed by atoms with Crippen molar-refractivity contribution < 1.29 is 28.9 Å². The van der Waals surface area contributed by atoms with Crippen molar-refractivity contribution >= 4 is 12.3 Å². The number of carbonyl (C=O) groups excluding carboxylic acids is 1. The molecular weight excluding hydrogens is 228 g/mol. The Bertz CT molecular complexity index is 467. The number of hydrogen-bond acceptors (Lipinski definition) is 5. The summed E-state index contributed by atoms with van der Waals surface area (Å²) >= 11 is 0. The summed E-state index contributed by atoms with van der Waals surface area (Å²) in [7, 11) is 0. The molecule has 1 aliphatic rings. The van der Waals surface area contributed by atoms with Gasteiger partial charge in [-0.1, -0.05) is 0 Å². The number of carboxylic acids is 1. The van der Waals surface area contributed by atoms with Crippen molar-refractivity contribution in [3.05, 3.63) is 17.7 Å². The van der Waals surface area contributed by atoms with Crippen molar-refractivity contribution in [2.45, 2.75) is 13.0 Å². The lowest BCUT2D eigenvalue weighted by Crippen LogP contribution is -2.23. The molecule has 0 fully saturated rings. The topological polar surface area (TPSA) is 82.1 Å². The first-order valence-electron chi connectivity index (χ1n) is 4.90. The minimum atomic E-state index is -1.11. The number of carboxylic acid groups (broad SMARTS) is 1. The Kier molecular flexibility index (Phi) is 2.86. The number of carbonyl (C=O) groups is 2. The fourth-order valence-electron chi connectivity index (χ4n) is 1.37. The first-order valence-corrected chi connectivity index (χ1v) is 4.90. The summed E-state index contributed by atoms with van der Waals surface area (Å²) in [5, 5.41) is 8.73. The molecule has 1 atom stereocenters. The molecule has 0 spiro atoms. The number of ether oxygens (including phenoxy) is 3. The van der Waals surface area contributed by atoms with Gasteiger partial charge in [-0.05, 0) is 13.0 Å². The summed E-state index contributed by atoms with van der Waals surface area (Å²) in [6.45, 7) is 1.45. The van der Waals surface area contributed by atoms with Gasteiger partial charge in [0, 0.05) is 6.07 Å². The van der Waals surface area contributed by atoms with Gasteiger partial charge in [0.1, 0.15) is 5.75 Å². The highest BCUT2D eigenvalue weighted by Crippen LogP contribution is 2.37. The van der Waals surface area contributed by atoms with Gasteiger partial charge < -0.3 is 19.3 Å². The van der Waals surface area contributed by atoms with Crippen molar-refractivity contribution in [3.8, 4) is 17.2 Å². The zero-order valence-corrected chi connectivity index (χ0v) is 9.00. The summed E-state index contributed by atoms with van der Waals surface area (Å²) in [5.74, 6) is -0.0655. The Morgan fingerprint density at radius 2 is 2.12 bits per heavy atom. The molecule has 0 saturated carbocycles. The van der Waals surface area contributed by atoms with E-state index in [1.165, 1.54) is 19.1 Å². The fraction of sp³-hybridized carbons (Fsp3) is 0.273. The van der Waals surface area contributed by atoms with Crippen molar-refractivity contribution in [1.29, 1.82) is 0 Å². The average Bonchev–Trinajstić information content (AvgIpc) is 2.74.